The number of rotatable bonds is 8. The molecule has 3 aliphatic heterocycles. The van der Waals surface area contributed by atoms with Gasteiger partial charge in [0.05, 0.1) is 41.5 Å². The first-order chi connectivity index (χ1) is 22.7. The average Bonchev–Trinajstić information content (AvgIpc) is 3.36. The number of piperidine rings is 1. The topological polar surface area (TPSA) is 154 Å². The Hall–Kier alpha value is -4.71. The fourth-order valence-electron chi connectivity index (χ4n) is 6.49. The van der Waals surface area contributed by atoms with Crippen molar-refractivity contribution in [2.24, 2.45) is 0 Å². The number of nitrogens with one attached hydrogen (secondary N) is 1. The van der Waals surface area contributed by atoms with E-state index in [-0.39, 0.29) is 39.8 Å². The van der Waals surface area contributed by atoms with Gasteiger partial charge in [0.1, 0.15) is 5.75 Å². The highest BCUT2D eigenvalue weighted by Crippen LogP contribution is 2.51. The Morgan fingerprint density at radius 3 is 2.45 bits per heavy atom. The Labute approximate surface area is 273 Å². The molecule has 0 spiro atoms. The van der Waals surface area contributed by atoms with E-state index in [1.54, 1.807) is 13.0 Å². The van der Waals surface area contributed by atoms with E-state index in [1.165, 1.54) is 66.7 Å². The van der Waals surface area contributed by atoms with Gasteiger partial charge < -0.3 is 24.4 Å². The van der Waals surface area contributed by atoms with Crippen LogP contribution in [0.2, 0.25) is 0 Å². The standard InChI is InChI=1S/C33H36N6O7S/c1-3-45-30-27(5-4-14-36-30)33(46-32(41)38-19-17-37(18-20-38)24-12-15-35-16-13-24)28-21-23(22-34)6-11-29(28)39(31(33)40)47(42,43)26-9-7-25(44-2)8-10-26/h4-11,14,21,24,35H,3,12-13,15-20H2,1-2H3. The van der Waals surface area contributed by atoms with Gasteiger partial charge in [-0.05, 0) is 87.5 Å². The number of nitrogens with zero attached hydrogens (tertiary/aromatic N) is 5. The van der Waals surface area contributed by atoms with Gasteiger partial charge in [-0.1, -0.05) is 0 Å². The largest absolute Gasteiger partial charge is 0.497 e. The van der Waals surface area contributed by atoms with Crippen molar-refractivity contribution in [2.45, 2.75) is 36.3 Å². The molecule has 14 heteroatoms. The first-order valence-corrected chi connectivity index (χ1v) is 17.0. The molecule has 13 nitrogen and oxygen atoms in total. The summed E-state index contributed by atoms with van der Waals surface area (Å²) in [6, 6.07) is 15.3. The van der Waals surface area contributed by atoms with E-state index < -0.39 is 27.6 Å². The first-order valence-electron chi connectivity index (χ1n) is 15.5. The number of hydrogen-bond acceptors (Lipinski definition) is 11. The predicted octanol–water partition coefficient (Wildman–Crippen LogP) is 2.85. The molecule has 0 saturated carbocycles. The lowest BCUT2D eigenvalue weighted by Gasteiger charge is -2.41. The number of amides is 2. The summed E-state index contributed by atoms with van der Waals surface area (Å²) in [6.07, 6.45) is 2.72. The molecule has 1 unspecified atom stereocenters. The van der Waals surface area contributed by atoms with Crippen molar-refractivity contribution >= 4 is 27.7 Å². The maximum atomic E-state index is 14.9. The van der Waals surface area contributed by atoms with Crippen LogP contribution in [0.4, 0.5) is 10.5 Å². The van der Waals surface area contributed by atoms with Crippen LogP contribution in [0.15, 0.2) is 65.7 Å². The first kappa shape index (κ1) is 32.2. The number of nitriles is 1. The number of hydrogen-bond donors (Lipinski definition) is 1. The molecular formula is C33H36N6O7S. The van der Waals surface area contributed by atoms with Crippen LogP contribution in [0.1, 0.15) is 36.5 Å². The maximum Gasteiger partial charge on any atom is 0.411 e. The molecule has 246 valence electrons. The third kappa shape index (κ3) is 5.75. The van der Waals surface area contributed by atoms with Crippen LogP contribution in [0.3, 0.4) is 0 Å². The maximum absolute atomic E-state index is 14.9. The fourth-order valence-corrected chi connectivity index (χ4v) is 7.94. The molecule has 2 aromatic carbocycles. The SMILES string of the molecule is CCOc1ncccc1C1(OC(=O)N2CCN(C3CCNCC3)CC2)C(=O)N(S(=O)(=O)c2ccc(OC)cc2)c2ccc(C#N)cc21. The van der Waals surface area contributed by atoms with Gasteiger partial charge >= 0.3 is 6.09 Å². The van der Waals surface area contributed by atoms with Crippen molar-refractivity contribution < 1.29 is 32.2 Å². The molecule has 6 rings (SSSR count). The molecule has 47 heavy (non-hydrogen) atoms. The molecule has 0 aliphatic carbocycles. The number of piperazine rings is 1. The number of ether oxygens (including phenoxy) is 3. The van der Waals surface area contributed by atoms with Gasteiger partial charge in [-0.25, -0.2) is 18.2 Å². The van der Waals surface area contributed by atoms with Crippen LogP contribution >= 0.6 is 0 Å². The average molecular weight is 661 g/mol. The Bertz CT molecular complexity index is 1800. The molecule has 1 atom stereocenters. The molecule has 1 N–H and O–H groups in total. The number of sulfonamides is 1. The number of anilines is 1. The smallest absolute Gasteiger partial charge is 0.411 e. The summed E-state index contributed by atoms with van der Waals surface area (Å²) in [5, 5.41) is 13.2. The van der Waals surface area contributed by atoms with Gasteiger partial charge in [-0.3, -0.25) is 9.69 Å². The van der Waals surface area contributed by atoms with Crippen LogP contribution in [-0.4, -0.2) is 94.2 Å². The normalized spacial score (nSPS) is 20.4. The van der Waals surface area contributed by atoms with Crippen molar-refractivity contribution in [3.8, 4) is 17.7 Å². The summed E-state index contributed by atoms with van der Waals surface area (Å²) in [6.45, 7) is 5.78. The molecule has 2 fully saturated rings. The van der Waals surface area contributed by atoms with Crippen molar-refractivity contribution in [3.05, 3.63) is 77.5 Å². The van der Waals surface area contributed by atoms with Gasteiger partial charge in [0.25, 0.3) is 21.5 Å². The number of pyridine rings is 1. The van der Waals surface area contributed by atoms with E-state index in [0.29, 0.717) is 42.3 Å². The summed E-state index contributed by atoms with van der Waals surface area (Å²) >= 11 is 0. The van der Waals surface area contributed by atoms with Gasteiger partial charge in [-0.15, -0.1) is 0 Å². The molecule has 1 aromatic heterocycles. The highest BCUT2D eigenvalue weighted by atomic mass is 32.2. The van der Waals surface area contributed by atoms with Crippen molar-refractivity contribution in [1.29, 1.82) is 5.26 Å². The summed E-state index contributed by atoms with van der Waals surface area (Å²) in [5.74, 6) is -0.644. The van der Waals surface area contributed by atoms with E-state index >= 15 is 0 Å². The second kappa shape index (κ2) is 13.2. The van der Waals surface area contributed by atoms with Crippen molar-refractivity contribution in [1.82, 2.24) is 20.1 Å². The molecule has 4 heterocycles. The molecule has 3 aliphatic rings. The zero-order valence-corrected chi connectivity index (χ0v) is 27.0. The van der Waals surface area contributed by atoms with E-state index in [9.17, 15) is 23.3 Å². The fraction of sp³-hybridized carbons (Fsp3) is 0.394. The lowest BCUT2D eigenvalue weighted by Crippen LogP contribution is -2.55. The van der Waals surface area contributed by atoms with Gasteiger partial charge in [0.2, 0.25) is 5.88 Å². The van der Waals surface area contributed by atoms with E-state index in [0.717, 1.165) is 25.9 Å². The summed E-state index contributed by atoms with van der Waals surface area (Å²) < 4.78 is 46.4. The third-order valence-electron chi connectivity index (χ3n) is 8.88. The van der Waals surface area contributed by atoms with E-state index in [1.807, 2.05) is 0 Å². The van der Waals surface area contributed by atoms with Crippen LogP contribution in [0, 0.1) is 11.3 Å². The third-order valence-corrected chi connectivity index (χ3v) is 10.6. The number of fused-ring (bicyclic) bond motifs is 1. The van der Waals surface area contributed by atoms with E-state index in [2.05, 4.69) is 21.3 Å². The summed E-state index contributed by atoms with van der Waals surface area (Å²) in [5.41, 5.74) is -2.21. The quantitative estimate of drug-likeness (QED) is 0.379. The zero-order valence-electron chi connectivity index (χ0n) is 26.2. The highest BCUT2D eigenvalue weighted by molar-refractivity contribution is 7.93. The number of benzene rings is 2. The van der Waals surface area contributed by atoms with Gasteiger partial charge in [0.15, 0.2) is 0 Å². The highest BCUT2D eigenvalue weighted by Gasteiger charge is 2.61. The number of carbonyl (C=O) groups excluding carboxylic acids is 2. The molecule has 2 amide bonds. The van der Waals surface area contributed by atoms with Crippen LogP contribution in [0.25, 0.3) is 0 Å². The van der Waals surface area contributed by atoms with Crippen molar-refractivity contribution in [2.75, 3.05) is 57.3 Å². The van der Waals surface area contributed by atoms with E-state index in [4.69, 9.17) is 14.2 Å². The van der Waals surface area contributed by atoms with Crippen molar-refractivity contribution in [3.63, 3.8) is 0 Å². The number of carbonyl (C=O) groups is 2. The minimum Gasteiger partial charge on any atom is -0.497 e. The Balaban J connectivity index is 1.45. The number of aromatic nitrogens is 1. The Morgan fingerprint density at radius 2 is 1.79 bits per heavy atom. The monoisotopic (exact) mass is 660 g/mol. The lowest BCUT2D eigenvalue weighted by atomic mass is 9.87. The zero-order chi connectivity index (χ0) is 33.2. The molecule has 3 aromatic rings. The molecule has 0 radical (unpaired) electrons. The van der Waals surface area contributed by atoms with Crippen LogP contribution in [-0.2, 0) is 25.2 Å². The number of methoxy groups -OCH3 is 1. The van der Waals surface area contributed by atoms with Gasteiger partial charge in [0, 0.05) is 44.0 Å². The minimum absolute atomic E-state index is 0.00859. The second-order valence-corrected chi connectivity index (χ2v) is 13.2. The Kier molecular flexibility index (Phi) is 9.05. The van der Waals surface area contributed by atoms with Gasteiger partial charge in [-0.2, -0.15) is 9.57 Å². The van der Waals surface area contributed by atoms with Crippen LogP contribution in [0.5, 0.6) is 11.6 Å². The summed E-state index contributed by atoms with van der Waals surface area (Å²) in [4.78, 5) is 37.0. The Morgan fingerprint density at radius 1 is 1.06 bits per heavy atom. The van der Waals surface area contributed by atoms with Crippen LogP contribution < -0.4 is 19.1 Å². The second-order valence-electron chi connectivity index (χ2n) is 11.4. The minimum atomic E-state index is -4.56. The molecule has 2 saturated heterocycles. The summed E-state index contributed by atoms with van der Waals surface area (Å²) in [7, 11) is -3.11. The lowest BCUT2D eigenvalue weighted by molar-refractivity contribution is -0.132. The predicted molar refractivity (Wildman–Crippen MR) is 171 cm³/mol. The molecule has 0 bridgehead atoms. The molecular weight excluding hydrogens is 624 g/mol.